The van der Waals surface area contributed by atoms with Gasteiger partial charge in [-0.25, -0.2) is 4.98 Å². The maximum atomic E-state index is 11.7. The fourth-order valence-electron chi connectivity index (χ4n) is 1.51. The molecule has 1 atom stereocenters. The van der Waals surface area contributed by atoms with Crippen molar-refractivity contribution in [1.82, 2.24) is 14.9 Å². The summed E-state index contributed by atoms with van der Waals surface area (Å²) in [6, 6.07) is 0.131. The van der Waals surface area contributed by atoms with E-state index >= 15 is 0 Å². The Morgan fingerprint density at radius 3 is 3.15 bits per heavy atom. The Morgan fingerprint density at radius 2 is 2.62 bits per heavy atom. The van der Waals surface area contributed by atoms with Crippen LogP contribution in [-0.2, 0) is 0 Å². The minimum atomic E-state index is -0.00884. The third-order valence-electron chi connectivity index (χ3n) is 2.24. The van der Waals surface area contributed by atoms with E-state index in [0.29, 0.717) is 12.2 Å². The van der Waals surface area contributed by atoms with Gasteiger partial charge < -0.3 is 15.6 Å². The number of likely N-dealkylation sites (tertiary alicyclic amines) is 1. The molecule has 2 rings (SSSR count). The third-order valence-corrected chi connectivity index (χ3v) is 2.24. The maximum Gasteiger partial charge on any atom is 0.271 e. The Labute approximate surface area is 75.9 Å². The predicted octanol–water partition coefficient (Wildman–Crippen LogP) is -0.417. The first-order valence-corrected chi connectivity index (χ1v) is 4.30. The van der Waals surface area contributed by atoms with Crippen LogP contribution >= 0.6 is 0 Å². The Bertz CT molecular complexity index is 295. The van der Waals surface area contributed by atoms with Crippen LogP contribution in [0.3, 0.4) is 0 Å². The molecular formula is C8H12N4O. The molecule has 0 bridgehead atoms. The summed E-state index contributed by atoms with van der Waals surface area (Å²) in [6.07, 6.45) is 3.93. The molecule has 1 fully saturated rings. The van der Waals surface area contributed by atoms with Crippen molar-refractivity contribution in [3.63, 3.8) is 0 Å². The van der Waals surface area contributed by atoms with Crippen LogP contribution in [0.2, 0.25) is 0 Å². The molecule has 5 nitrogen and oxygen atoms in total. The molecule has 1 aromatic rings. The van der Waals surface area contributed by atoms with Crippen molar-refractivity contribution >= 4 is 5.91 Å². The molecule has 0 aromatic carbocycles. The highest BCUT2D eigenvalue weighted by Gasteiger charge is 2.24. The number of rotatable bonds is 1. The minimum Gasteiger partial charge on any atom is -0.341 e. The molecule has 0 spiro atoms. The van der Waals surface area contributed by atoms with Crippen molar-refractivity contribution in [2.24, 2.45) is 5.73 Å². The van der Waals surface area contributed by atoms with Gasteiger partial charge in [-0.1, -0.05) is 0 Å². The summed E-state index contributed by atoms with van der Waals surface area (Å²) >= 11 is 0. The van der Waals surface area contributed by atoms with Gasteiger partial charge in [-0.3, -0.25) is 4.79 Å². The van der Waals surface area contributed by atoms with Crippen molar-refractivity contribution in [3.8, 4) is 0 Å². The van der Waals surface area contributed by atoms with Gasteiger partial charge in [0.2, 0.25) is 0 Å². The number of amides is 1. The Morgan fingerprint density at radius 1 is 1.77 bits per heavy atom. The largest absolute Gasteiger partial charge is 0.341 e. The summed E-state index contributed by atoms with van der Waals surface area (Å²) in [5.74, 6) is -0.00884. The summed E-state index contributed by atoms with van der Waals surface area (Å²) in [4.78, 5) is 20.0. The topological polar surface area (TPSA) is 75.0 Å². The van der Waals surface area contributed by atoms with Gasteiger partial charge in [0, 0.05) is 19.1 Å². The second kappa shape index (κ2) is 3.18. The van der Waals surface area contributed by atoms with Gasteiger partial charge in [0.15, 0.2) is 0 Å². The normalized spacial score (nSPS) is 22.2. The van der Waals surface area contributed by atoms with Crippen LogP contribution in [0.15, 0.2) is 12.5 Å². The number of H-pyrrole nitrogens is 1. The summed E-state index contributed by atoms with van der Waals surface area (Å²) in [7, 11) is 0. The maximum absolute atomic E-state index is 11.7. The number of aromatic nitrogens is 2. The lowest BCUT2D eigenvalue weighted by atomic mass is 10.3. The number of hydrogen-bond acceptors (Lipinski definition) is 3. The van der Waals surface area contributed by atoms with E-state index in [1.165, 1.54) is 12.5 Å². The molecule has 0 aliphatic carbocycles. The molecule has 1 aromatic heterocycles. The van der Waals surface area contributed by atoms with E-state index in [9.17, 15) is 4.79 Å². The summed E-state index contributed by atoms with van der Waals surface area (Å²) in [5.41, 5.74) is 6.23. The number of carbonyl (C=O) groups excluding carboxylic acids is 1. The van der Waals surface area contributed by atoms with Crippen molar-refractivity contribution in [2.45, 2.75) is 12.5 Å². The SMILES string of the molecule is N[C@H]1CCN(C(=O)c2cnc[nH]2)C1. The number of carbonyl (C=O) groups is 1. The number of imidazole rings is 1. The zero-order chi connectivity index (χ0) is 9.26. The van der Waals surface area contributed by atoms with Gasteiger partial charge in [-0.05, 0) is 6.42 Å². The van der Waals surface area contributed by atoms with Crippen molar-refractivity contribution < 1.29 is 4.79 Å². The van der Waals surface area contributed by atoms with Gasteiger partial charge in [0.05, 0.1) is 12.5 Å². The van der Waals surface area contributed by atoms with Gasteiger partial charge in [-0.15, -0.1) is 0 Å². The van der Waals surface area contributed by atoms with E-state index in [-0.39, 0.29) is 11.9 Å². The first kappa shape index (κ1) is 8.25. The van der Waals surface area contributed by atoms with Gasteiger partial charge in [0.25, 0.3) is 5.91 Å². The number of nitrogens with zero attached hydrogens (tertiary/aromatic N) is 2. The molecule has 3 N–H and O–H groups in total. The average Bonchev–Trinajstić information content (AvgIpc) is 2.72. The summed E-state index contributed by atoms with van der Waals surface area (Å²) < 4.78 is 0. The van der Waals surface area contributed by atoms with E-state index in [4.69, 9.17) is 5.73 Å². The highest BCUT2D eigenvalue weighted by Crippen LogP contribution is 2.10. The quantitative estimate of drug-likeness (QED) is 0.616. The molecule has 70 valence electrons. The fraction of sp³-hybridized carbons (Fsp3) is 0.500. The van der Waals surface area contributed by atoms with E-state index in [0.717, 1.165) is 13.0 Å². The first-order chi connectivity index (χ1) is 6.27. The van der Waals surface area contributed by atoms with Crippen molar-refractivity contribution in [1.29, 1.82) is 0 Å². The van der Waals surface area contributed by atoms with Crippen LogP contribution in [-0.4, -0.2) is 39.9 Å². The predicted molar refractivity (Wildman–Crippen MR) is 47.1 cm³/mol. The Balaban J connectivity index is 2.06. The number of nitrogens with one attached hydrogen (secondary N) is 1. The van der Waals surface area contributed by atoms with Crippen molar-refractivity contribution in [2.75, 3.05) is 13.1 Å². The lowest BCUT2D eigenvalue weighted by Gasteiger charge is -2.13. The molecule has 1 amide bonds. The fourth-order valence-corrected chi connectivity index (χ4v) is 1.51. The lowest BCUT2D eigenvalue weighted by Crippen LogP contribution is -2.32. The minimum absolute atomic E-state index is 0.00884. The Kier molecular flexibility index (Phi) is 2.02. The first-order valence-electron chi connectivity index (χ1n) is 4.30. The average molecular weight is 180 g/mol. The van der Waals surface area contributed by atoms with Crippen LogP contribution in [0.25, 0.3) is 0 Å². The number of nitrogens with two attached hydrogens (primary N) is 1. The molecule has 1 saturated heterocycles. The monoisotopic (exact) mass is 180 g/mol. The molecule has 5 heteroatoms. The van der Waals surface area contributed by atoms with Gasteiger partial charge in [-0.2, -0.15) is 0 Å². The summed E-state index contributed by atoms with van der Waals surface area (Å²) in [6.45, 7) is 1.40. The number of hydrogen-bond donors (Lipinski definition) is 2. The standard InChI is InChI=1S/C8H12N4O/c9-6-1-2-12(4-6)8(13)7-3-10-5-11-7/h3,5-6H,1-2,4,9H2,(H,10,11)/t6-/m0/s1. The van der Waals surface area contributed by atoms with E-state index in [1.807, 2.05) is 0 Å². The van der Waals surface area contributed by atoms with E-state index in [1.54, 1.807) is 4.90 Å². The third kappa shape index (κ3) is 1.55. The van der Waals surface area contributed by atoms with Crippen LogP contribution < -0.4 is 5.73 Å². The molecule has 0 unspecified atom stereocenters. The molecule has 13 heavy (non-hydrogen) atoms. The molecule has 1 aliphatic heterocycles. The van der Waals surface area contributed by atoms with Gasteiger partial charge in [0.1, 0.15) is 5.69 Å². The highest BCUT2D eigenvalue weighted by atomic mass is 16.2. The van der Waals surface area contributed by atoms with Gasteiger partial charge >= 0.3 is 0 Å². The van der Waals surface area contributed by atoms with E-state index < -0.39 is 0 Å². The Hall–Kier alpha value is -1.36. The summed E-state index contributed by atoms with van der Waals surface area (Å²) in [5, 5.41) is 0. The van der Waals surface area contributed by atoms with Crippen LogP contribution in [0.4, 0.5) is 0 Å². The smallest absolute Gasteiger partial charge is 0.271 e. The van der Waals surface area contributed by atoms with Crippen molar-refractivity contribution in [3.05, 3.63) is 18.2 Å². The molecule has 1 aliphatic rings. The molecule has 2 heterocycles. The highest BCUT2D eigenvalue weighted by molar-refractivity contribution is 5.92. The van der Waals surface area contributed by atoms with E-state index in [2.05, 4.69) is 9.97 Å². The lowest BCUT2D eigenvalue weighted by molar-refractivity contribution is 0.0785. The second-order valence-electron chi connectivity index (χ2n) is 3.27. The van der Waals surface area contributed by atoms with Crippen LogP contribution in [0.5, 0.6) is 0 Å². The molecular weight excluding hydrogens is 168 g/mol. The second-order valence-corrected chi connectivity index (χ2v) is 3.27. The van der Waals surface area contributed by atoms with Crippen LogP contribution in [0.1, 0.15) is 16.9 Å². The number of aromatic amines is 1. The molecule has 0 saturated carbocycles. The molecule has 0 radical (unpaired) electrons. The zero-order valence-corrected chi connectivity index (χ0v) is 7.23. The van der Waals surface area contributed by atoms with Crippen LogP contribution in [0, 0.1) is 0 Å². The zero-order valence-electron chi connectivity index (χ0n) is 7.23.